The van der Waals surface area contributed by atoms with Gasteiger partial charge in [-0.15, -0.1) is 0 Å². The first-order chi connectivity index (χ1) is 16.9. The highest BCUT2D eigenvalue weighted by Crippen LogP contribution is 2.33. The standard InChI is InChI=1S/C26H32N4O4S/c1-18-8-5-6-15-30(18)35(32,33)24-16-19(12-13-23(24)34-2)26(31)29-14-7-9-20(17-29)25-27-21-10-3-4-11-22(21)28-25/h3-4,10-13,16,18,20H,5-9,14-15,17H2,1-2H3,(H,27,28). The van der Waals surface area contributed by atoms with Crippen LogP contribution in [0.4, 0.5) is 0 Å². The molecular formula is C26H32N4O4S. The van der Waals surface area contributed by atoms with Gasteiger partial charge >= 0.3 is 0 Å². The number of methoxy groups -OCH3 is 1. The van der Waals surface area contributed by atoms with Crippen LogP contribution < -0.4 is 4.74 Å². The number of piperidine rings is 2. The summed E-state index contributed by atoms with van der Waals surface area (Å²) in [6.07, 6.45) is 4.49. The number of amides is 1. The maximum Gasteiger partial charge on any atom is 0.253 e. The molecule has 9 heteroatoms. The number of hydrogen-bond acceptors (Lipinski definition) is 5. The minimum absolute atomic E-state index is 0.0606. The fourth-order valence-electron chi connectivity index (χ4n) is 5.30. The SMILES string of the molecule is COc1ccc(C(=O)N2CCCC(c3nc4ccccc4[nH]3)C2)cc1S(=O)(=O)N1CCCCC1C. The van der Waals surface area contributed by atoms with Gasteiger partial charge in [-0.3, -0.25) is 4.79 Å². The van der Waals surface area contributed by atoms with E-state index in [-0.39, 0.29) is 28.5 Å². The Kier molecular flexibility index (Phi) is 6.55. The monoisotopic (exact) mass is 496 g/mol. The van der Waals surface area contributed by atoms with Crippen molar-refractivity contribution < 1.29 is 17.9 Å². The number of rotatable bonds is 5. The molecule has 2 aliphatic heterocycles. The van der Waals surface area contributed by atoms with E-state index in [0.717, 1.165) is 49.0 Å². The molecule has 2 atom stereocenters. The molecule has 2 saturated heterocycles. The Bertz CT molecular complexity index is 1300. The van der Waals surface area contributed by atoms with Gasteiger partial charge in [0.25, 0.3) is 5.91 Å². The third kappa shape index (κ3) is 4.54. The molecule has 3 heterocycles. The van der Waals surface area contributed by atoms with Crippen molar-refractivity contribution in [2.24, 2.45) is 0 Å². The van der Waals surface area contributed by atoms with Gasteiger partial charge in [0.05, 0.1) is 18.1 Å². The molecule has 2 aromatic carbocycles. The molecule has 1 aromatic heterocycles. The van der Waals surface area contributed by atoms with E-state index in [1.807, 2.05) is 36.1 Å². The van der Waals surface area contributed by atoms with Crippen molar-refractivity contribution in [1.29, 1.82) is 0 Å². The molecule has 0 saturated carbocycles. The number of hydrogen-bond donors (Lipinski definition) is 1. The van der Waals surface area contributed by atoms with Gasteiger partial charge in [0.15, 0.2) is 0 Å². The van der Waals surface area contributed by atoms with E-state index in [1.165, 1.54) is 13.2 Å². The summed E-state index contributed by atoms with van der Waals surface area (Å²) in [5.74, 6) is 1.09. The van der Waals surface area contributed by atoms with Crippen molar-refractivity contribution in [2.45, 2.75) is 55.9 Å². The number of nitrogens with one attached hydrogen (secondary N) is 1. The number of benzene rings is 2. The Balaban J connectivity index is 1.41. The Morgan fingerprint density at radius 2 is 1.91 bits per heavy atom. The number of aromatic amines is 1. The second kappa shape index (κ2) is 9.62. The molecule has 3 aromatic rings. The van der Waals surface area contributed by atoms with Crippen molar-refractivity contribution in [3.8, 4) is 5.75 Å². The summed E-state index contributed by atoms with van der Waals surface area (Å²) in [7, 11) is -2.33. The number of aromatic nitrogens is 2. The van der Waals surface area contributed by atoms with Gasteiger partial charge in [0.1, 0.15) is 16.5 Å². The minimum atomic E-state index is -3.79. The predicted octanol–water partition coefficient (Wildman–Crippen LogP) is 4.15. The number of ether oxygens (including phenoxy) is 1. The zero-order valence-electron chi connectivity index (χ0n) is 20.2. The molecule has 1 N–H and O–H groups in total. The van der Waals surface area contributed by atoms with Crippen LogP contribution in [0.3, 0.4) is 0 Å². The molecule has 35 heavy (non-hydrogen) atoms. The molecule has 2 unspecified atom stereocenters. The summed E-state index contributed by atoms with van der Waals surface area (Å²) in [5, 5.41) is 0. The number of carbonyl (C=O) groups excluding carboxylic acids is 1. The quantitative estimate of drug-likeness (QED) is 0.572. The van der Waals surface area contributed by atoms with Crippen LogP contribution >= 0.6 is 0 Å². The van der Waals surface area contributed by atoms with Crippen LogP contribution in [0.5, 0.6) is 5.75 Å². The van der Waals surface area contributed by atoms with Crippen LogP contribution in [0.25, 0.3) is 11.0 Å². The lowest BCUT2D eigenvalue weighted by molar-refractivity contribution is 0.0704. The van der Waals surface area contributed by atoms with Crippen molar-refractivity contribution in [2.75, 3.05) is 26.7 Å². The summed E-state index contributed by atoms with van der Waals surface area (Å²) >= 11 is 0. The Hall–Kier alpha value is -2.91. The number of para-hydroxylation sites is 2. The van der Waals surface area contributed by atoms with Gasteiger partial charge in [-0.1, -0.05) is 18.6 Å². The second-order valence-electron chi connectivity index (χ2n) is 9.56. The summed E-state index contributed by atoms with van der Waals surface area (Å²) in [6.45, 7) is 3.59. The van der Waals surface area contributed by atoms with E-state index < -0.39 is 10.0 Å². The molecule has 0 radical (unpaired) electrons. The lowest BCUT2D eigenvalue weighted by Gasteiger charge is -2.33. The number of likely N-dealkylation sites (tertiary alicyclic amines) is 1. The zero-order chi connectivity index (χ0) is 24.6. The number of nitrogens with zero attached hydrogens (tertiary/aromatic N) is 3. The first-order valence-electron chi connectivity index (χ1n) is 12.3. The second-order valence-corrected chi connectivity index (χ2v) is 11.4. The fraction of sp³-hybridized carbons (Fsp3) is 0.462. The summed E-state index contributed by atoms with van der Waals surface area (Å²) in [4.78, 5) is 23.5. The normalized spacial score (nSPS) is 21.8. The van der Waals surface area contributed by atoms with Crippen molar-refractivity contribution in [1.82, 2.24) is 19.2 Å². The van der Waals surface area contributed by atoms with E-state index in [0.29, 0.717) is 25.2 Å². The number of sulfonamides is 1. The molecule has 0 spiro atoms. The smallest absolute Gasteiger partial charge is 0.253 e. The zero-order valence-corrected chi connectivity index (χ0v) is 21.1. The van der Waals surface area contributed by atoms with Crippen molar-refractivity contribution >= 4 is 27.0 Å². The maximum atomic E-state index is 13.6. The molecule has 1 amide bonds. The van der Waals surface area contributed by atoms with Crippen LogP contribution in [0.15, 0.2) is 47.4 Å². The predicted molar refractivity (Wildman–Crippen MR) is 134 cm³/mol. The molecule has 8 nitrogen and oxygen atoms in total. The lowest BCUT2D eigenvalue weighted by atomic mass is 9.96. The molecule has 2 aliphatic rings. The topological polar surface area (TPSA) is 95.6 Å². The maximum absolute atomic E-state index is 13.6. The number of carbonyl (C=O) groups is 1. The van der Waals surface area contributed by atoms with E-state index in [9.17, 15) is 13.2 Å². The molecule has 5 rings (SSSR count). The largest absolute Gasteiger partial charge is 0.495 e. The van der Waals surface area contributed by atoms with Gasteiger partial charge < -0.3 is 14.6 Å². The Morgan fingerprint density at radius 3 is 2.69 bits per heavy atom. The van der Waals surface area contributed by atoms with Crippen LogP contribution in [-0.4, -0.2) is 66.3 Å². The van der Waals surface area contributed by atoms with E-state index in [2.05, 4.69) is 4.98 Å². The van der Waals surface area contributed by atoms with E-state index in [4.69, 9.17) is 9.72 Å². The molecule has 186 valence electrons. The molecule has 0 aliphatic carbocycles. The fourth-order valence-corrected chi connectivity index (χ4v) is 7.18. The molecular weight excluding hydrogens is 464 g/mol. The van der Waals surface area contributed by atoms with Gasteiger partial charge in [-0.2, -0.15) is 4.31 Å². The third-order valence-electron chi connectivity index (χ3n) is 7.24. The summed E-state index contributed by atoms with van der Waals surface area (Å²) in [6, 6.07) is 12.6. The van der Waals surface area contributed by atoms with Crippen molar-refractivity contribution in [3.63, 3.8) is 0 Å². The lowest BCUT2D eigenvalue weighted by Crippen LogP contribution is -2.42. The molecule has 0 bridgehead atoms. The van der Waals surface area contributed by atoms with Crippen LogP contribution in [0.1, 0.15) is 61.1 Å². The summed E-state index contributed by atoms with van der Waals surface area (Å²) < 4.78 is 34.1. The average molecular weight is 497 g/mol. The van der Waals surface area contributed by atoms with Crippen LogP contribution in [0.2, 0.25) is 0 Å². The number of H-pyrrole nitrogens is 1. The van der Waals surface area contributed by atoms with Gasteiger partial charge in [-0.05, 0) is 62.9 Å². The highest BCUT2D eigenvalue weighted by molar-refractivity contribution is 7.89. The Morgan fingerprint density at radius 1 is 1.09 bits per heavy atom. The summed E-state index contributed by atoms with van der Waals surface area (Å²) in [5.41, 5.74) is 2.27. The van der Waals surface area contributed by atoms with Gasteiger partial charge in [0.2, 0.25) is 10.0 Å². The first-order valence-corrected chi connectivity index (χ1v) is 13.8. The minimum Gasteiger partial charge on any atom is -0.495 e. The third-order valence-corrected chi connectivity index (χ3v) is 9.28. The average Bonchev–Trinajstić information content (AvgIpc) is 3.32. The number of imidazole rings is 1. The first kappa shape index (κ1) is 23.8. The highest BCUT2D eigenvalue weighted by atomic mass is 32.2. The van der Waals surface area contributed by atoms with Crippen LogP contribution in [0, 0.1) is 0 Å². The number of fused-ring (bicyclic) bond motifs is 1. The van der Waals surface area contributed by atoms with Crippen molar-refractivity contribution in [3.05, 3.63) is 53.9 Å². The van der Waals surface area contributed by atoms with E-state index >= 15 is 0 Å². The Labute approximate surface area is 206 Å². The molecule has 2 fully saturated rings. The van der Waals surface area contributed by atoms with Gasteiger partial charge in [0, 0.05) is 37.2 Å². The van der Waals surface area contributed by atoms with Gasteiger partial charge in [-0.25, -0.2) is 13.4 Å². The van der Waals surface area contributed by atoms with Crippen LogP contribution in [-0.2, 0) is 10.0 Å². The highest BCUT2D eigenvalue weighted by Gasteiger charge is 2.34. The van der Waals surface area contributed by atoms with E-state index in [1.54, 1.807) is 16.4 Å².